The number of nitrogens with zero attached hydrogens (tertiary/aromatic N) is 1. The molecule has 0 spiro atoms. The first kappa shape index (κ1) is 21.9. The lowest BCUT2D eigenvalue weighted by Gasteiger charge is -2.29. The summed E-state index contributed by atoms with van der Waals surface area (Å²) in [6.07, 6.45) is 16.7. The average Bonchev–Trinajstić information content (AvgIpc) is 2.60. The van der Waals surface area contributed by atoms with Gasteiger partial charge in [0.2, 0.25) is 0 Å². The van der Waals surface area contributed by atoms with Crippen LogP contribution in [0.3, 0.4) is 0 Å². The van der Waals surface area contributed by atoms with E-state index < -0.39 is 0 Å². The third-order valence-corrected chi connectivity index (χ3v) is 6.19. The van der Waals surface area contributed by atoms with E-state index in [9.17, 15) is 0 Å². The molecule has 0 aromatic carbocycles. The molecule has 0 aliphatic heterocycles. The van der Waals surface area contributed by atoms with Gasteiger partial charge >= 0.3 is 0 Å². The Hall–Kier alpha value is -1.11. The zero-order chi connectivity index (χ0) is 18.8. The third kappa shape index (κ3) is 6.96. The van der Waals surface area contributed by atoms with E-state index in [-0.39, 0.29) is 0 Å². The molecule has 0 aromatic heterocycles. The molecule has 5 unspecified atom stereocenters. The van der Waals surface area contributed by atoms with Crippen LogP contribution in [0.4, 0.5) is 0 Å². The fourth-order valence-electron chi connectivity index (χ4n) is 4.40. The smallest absolute Gasteiger partial charge is 0.173 e. The topological polar surface area (TPSA) is 3.01 Å². The zero-order valence-electron chi connectivity index (χ0n) is 17.5. The molecule has 0 N–H and O–H groups in total. The lowest BCUT2D eigenvalue weighted by Crippen LogP contribution is -2.35. The molecule has 142 valence electrons. The highest BCUT2D eigenvalue weighted by Gasteiger charge is 2.30. The van der Waals surface area contributed by atoms with Crippen molar-refractivity contribution in [3.05, 3.63) is 36.5 Å². The van der Waals surface area contributed by atoms with E-state index in [1.807, 2.05) is 0 Å². The van der Waals surface area contributed by atoms with Crippen LogP contribution in [0.1, 0.15) is 73.1 Å². The predicted octanol–water partition coefficient (Wildman–Crippen LogP) is 6.66. The average molecular weight is 345 g/mol. The highest BCUT2D eigenvalue weighted by atomic mass is 15.0. The number of allylic oxidation sites excluding steroid dienone is 3. The Kier molecular flexibility index (Phi) is 10.1. The summed E-state index contributed by atoms with van der Waals surface area (Å²) in [7, 11) is 0. The van der Waals surface area contributed by atoms with Crippen molar-refractivity contribution in [2.75, 3.05) is 6.54 Å². The second-order valence-electron chi connectivity index (χ2n) is 8.14. The minimum atomic E-state index is 0.383. The second kappa shape index (κ2) is 11.5. The van der Waals surface area contributed by atoms with Crippen molar-refractivity contribution in [1.82, 2.24) is 0 Å². The SMILES string of the molecule is C=CC(C(CC)CC(CC)C(C)CCC)[N+](=C)CC1C=CC(C)=CC1. The van der Waals surface area contributed by atoms with Gasteiger partial charge in [-0.2, -0.15) is 0 Å². The van der Waals surface area contributed by atoms with Crippen molar-refractivity contribution in [2.24, 2.45) is 23.7 Å². The maximum atomic E-state index is 4.41. The second-order valence-corrected chi connectivity index (χ2v) is 8.14. The van der Waals surface area contributed by atoms with Gasteiger partial charge in [0, 0.05) is 11.8 Å². The summed E-state index contributed by atoms with van der Waals surface area (Å²) in [6, 6.07) is 0.383. The highest BCUT2D eigenvalue weighted by Crippen LogP contribution is 2.31. The first-order valence-corrected chi connectivity index (χ1v) is 10.5. The van der Waals surface area contributed by atoms with E-state index in [2.05, 4.69) is 76.8 Å². The first-order chi connectivity index (χ1) is 12.0. The van der Waals surface area contributed by atoms with Crippen LogP contribution in [-0.4, -0.2) is 23.9 Å². The molecule has 0 bridgehead atoms. The van der Waals surface area contributed by atoms with Crippen molar-refractivity contribution < 1.29 is 4.58 Å². The van der Waals surface area contributed by atoms with E-state index in [1.165, 1.54) is 37.7 Å². The number of hydrogen-bond donors (Lipinski definition) is 0. The molecule has 1 aliphatic rings. The van der Waals surface area contributed by atoms with Gasteiger partial charge in [-0.25, -0.2) is 4.58 Å². The molecule has 1 heteroatoms. The van der Waals surface area contributed by atoms with Crippen molar-refractivity contribution in [1.29, 1.82) is 0 Å². The van der Waals surface area contributed by atoms with Crippen molar-refractivity contribution in [3.63, 3.8) is 0 Å². The van der Waals surface area contributed by atoms with Gasteiger partial charge in [-0.1, -0.05) is 77.3 Å². The molecule has 0 heterocycles. The minimum absolute atomic E-state index is 0.383. The van der Waals surface area contributed by atoms with Crippen LogP contribution < -0.4 is 0 Å². The van der Waals surface area contributed by atoms with Crippen LogP contribution in [0.25, 0.3) is 0 Å². The van der Waals surface area contributed by atoms with E-state index in [0.717, 1.165) is 24.8 Å². The quantitative estimate of drug-likeness (QED) is 0.212. The summed E-state index contributed by atoms with van der Waals surface area (Å²) in [4.78, 5) is 0. The lowest BCUT2D eigenvalue weighted by molar-refractivity contribution is -0.560. The summed E-state index contributed by atoms with van der Waals surface area (Å²) in [5.41, 5.74) is 1.38. The van der Waals surface area contributed by atoms with Gasteiger partial charge in [-0.3, -0.25) is 0 Å². The largest absolute Gasteiger partial charge is 0.235 e. The summed E-state index contributed by atoms with van der Waals surface area (Å²) in [6.45, 7) is 21.2. The summed E-state index contributed by atoms with van der Waals surface area (Å²) in [5, 5.41) is 0. The maximum absolute atomic E-state index is 4.41. The molecule has 0 fully saturated rings. The molecule has 0 saturated carbocycles. The predicted molar refractivity (Wildman–Crippen MR) is 113 cm³/mol. The van der Waals surface area contributed by atoms with Crippen LogP contribution in [0.2, 0.25) is 0 Å². The summed E-state index contributed by atoms with van der Waals surface area (Å²) < 4.78 is 2.31. The molecule has 1 nitrogen and oxygen atoms in total. The van der Waals surface area contributed by atoms with Crippen molar-refractivity contribution >= 4 is 6.72 Å². The van der Waals surface area contributed by atoms with E-state index in [0.29, 0.717) is 17.9 Å². The number of hydrogen-bond acceptors (Lipinski definition) is 0. The molecular formula is C24H42N+. The maximum Gasteiger partial charge on any atom is 0.173 e. The van der Waals surface area contributed by atoms with Crippen LogP contribution in [0.15, 0.2) is 36.5 Å². The van der Waals surface area contributed by atoms with Gasteiger partial charge < -0.3 is 0 Å². The van der Waals surface area contributed by atoms with Crippen LogP contribution in [0, 0.1) is 23.7 Å². The number of rotatable bonds is 12. The molecule has 0 amide bonds. The molecule has 0 aromatic rings. The van der Waals surface area contributed by atoms with Crippen LogP contribution >= 0.6 is 0 Å². The molecule has 0 saturated heterocycles. The normalized spacial score (nSPS) is 22.0. The monoisotopic (exact) mass is 344 g/mol. The van der Waals surface area contributed by atoms with E-state index in [1.54, 1.807) is 0 Å². The zero-order valence-corrected chi connectivity index (χ0v) is 17.5. The van der Waals surface area contributed by atoms with Gasteiger partial charge in [0.05, 0.1) is 0 Å². The molecular weight excluding hydrogens is 302 g/mol. The Balaban J connectivity index is 2.71. The van der Waals surface area contributed by atoms with Gasteiger partial charge in [-0.05, 0) is 44.1 Å². The van der Waals surface area contributed by atoms with Gasteiger partial charge in [0.1, 0.15) is 13.3 Å². The Morgan fingerprint density at radius 2 is 1.92 bits per heavy atom. The Morgan fingerprint density at radius 3 is 2.40 bits per heavy atom. The van der Waals surface area contributed by atoms with Crippen LogP contribution in [0.5, 0.6) is 0 Å². The first-order valence-electron chi connectivity index (χ1n) is 10.5. The summed E-state index contributed by atoms with van der Waals surface area (Å²) >= 11 is 0. The van der Waals surface area contributed by atoms with Crippen molar-refractivity contribution in [2.45, 2.75) is 79.2 Å². The Morgan fingerprint density at radius 1 is 1.24 bits per heavy atom. The Labute approximate surface area is 157 Å². The molecule has 25 heavy (non-hydrogen) atoms. The van der Waals surface area contributed by atoms with Crippen LogP contribution in [-0.2, 0) is 0 Å². The van der Waals surface area contributed by atoms with Crippen molar-refractivity contribution in [3.8, 4) is 0 Å². The standard InChI is InChI=1S/C24H42N/c1-8-12-20(6)22(9-2)17-23(10-3)24(11-4)25(7)18-21-15-13-19(5)14-16-21/h11,13-15,20-24H,4,7-10,12,16-18H2,1-3,5-6H3/q+1. The summed E-state index contributed by atoms with van der Waals surface area (Å²) in [5.74, 6) is 2.88. The highest BCUT2D eigenvalue weighted by molar-refractivity contribution is 5.22. The van der Waals surface area contributed by atoms with E-state index in [4.69, 9.17) is 0 Å². The fraction of sp³-hybridized carbons (Fsp3) is 0.708. The lowest BCUT2D eigenvalue weighted by atomic mass is 9.78. The van der Waals surface area contributed by atoms with E-state index >= 15 is 0 Å². The fourth-order valence-corrected chi connectivity index (χ4v) is 4.40. The molecule has 5 atom stereocenters. The Bertz CT molecular complexity index is 470. The minimum Gasteiger partial charge on any atom is -0.235 e. The van der Waals surface area contributed by atoms with Gasteiger partial charge in [0.25, 0.3) is 0 Å². The van der Waals surface area contributed by atoms with Gasteiger partial charge in [-0.15, -0.1) is 0 Å². The van der Waals surface area contributed by atoms with Gasteiger partial charge in [0.15, 0.2) is 6.04 Å². The molecule has 1 aliphatic carbocycles. The molecule has 1 rings (SSSR count). The molecule has 0 radical (unpaired) electrons. The third-order valence-electron chi connectivity index (χ3n) is 6.19.